The van der Waals surface area contributed by atoms with Gasteiger partial charge in [0.2, 0.25) is 10.0 Å². The highest BCUT2D eigenvalue weighted by Crippen LogP contribution is 2.18. The molecule has 140 valence electrons. The number of carbonyl (C=O) groups excluding carboxylic acids is 1. The van der Waals surface area contributed by atoms with Gasteiger partial charge in [-0.2, -0.15) is 4.31 Å². The highest BCUT2D eigenvalue weighted by molar-refractivity contribution is 7.89. The Bertz CT molecular complexity index is 834. The van der Waals surface area contributed by atoms with Crippen LogP contribution in [-0.2, 0) is 16.4 Å². The molecule has 0 spiro atoms. The molecular weight excluding hydrogens is 350 g/mol. The third-order valence-corrected chi connectivity index (χ3v) is 6.25. The quantitative estimate of drug-likeness (QED) is 0.710. The standard InChI is InChI=1S/C19H25N3O3S/c1-4-22(5-2)26(24,25)18-11-8-9-16(15-18)19(23)21(3)14-12-17-10-6-7-13-20-17/h6-11,13,15H,4-5,12,14H2,1-3H3. The topological polar surface area (TPSA) is 70.6 Å². The molecule has 0 aliphatic carbocycles. The molecule has 6 nitrogen and oxygen atoms in total. The fourth-order valence-electron chi connectivity index (χ4n) is 2.65. The average Bonchev–Trinajstić information content (AvgIpc) is 2.67. The van der Waals surface area contributed by atoms with Crippen molar-refractivity contribution in [2.24, 2.45) is 0 Å². The van der Waals surface area contributed by atoms with Crippen molar-refractivity contribution in [3.63, 3.8) is 0 Å². The number of sulfonamides is 1. The van der Waals surface area contributed by atoms with E-state index in [2.05, 4.69) is 4.98 Å². The number of likely N-dealkylation sites (N-methyl/N-ethyl adjacent to an activating group) is 1. The smallest absolute Gasteiger partial charge is 0.253 e. The van der Waals surface area contributed by atoms with Crippen LogP contribution in [0, 0.1) is 0 Å². The Morgan fingerprint density at radius 1 is 1.08 bits per heavy atom. The van der Waals surface area contributed by atoms with E-state index >= 15 is 0 Å². The summed E-state index contributed by atoms with van der Waals surface area (Å²) in [6.45, 7) is 4.87. The maximum absolute atomic E-state index is 12.7. The molecule has 2 aromatic rings. The molecule has 1 amide bonds. The van der Waals surface area contributed by atoms with E-state index in [1.807, 2.05) is 18.2 Å². The second-order valence-electron chi connectivity index (χ2n) is 5.91. The maximum Gasteiger partial charge on any atom is 0.253 e. The minimum Gasteiger partial charge on any atom is -0.341 e. The van der Waals surface area contributed by atoms with Crippen molar-refractivity contribution in [3.05, 3.63) is 59.9 Å². The van der Waals surface area contributed by atoms with Gasteiger partial charge in [-0.15, -0.1) is 0 Å². The van der Waals surface area contributed by atoms with Crippen LogP contribution in [0.5, 0.6) is 0 Å². The summed E-state index contributed by atoms with van der Waals surface area (Å²) in [5, 5.41) is 0. The summed E-state index contributed by atoms with van der Waals surface area (Å²) in [7, 11) is -1.88. The van der Waals surface area contributed by atoms with Gasteiger partial charge in [-0.25, -0.2) is 8.42 Å². The zero-order valence-electron chi connectivity index (χ0n) is 15.4. The molecule has 0 N–H and O–H groups in total. The molecule has 0 bridgehead atoms. The largest absolute Gasteiger partial charge is 0.341 e. The Labute approximate surface area is 155 Å². The van der Waals surface area contributed by atoms with E-state index in [1.54, 1.807) is 44.1 Å². The third-order valence-electron chi connectivity index (χ3n) is 4.20. The monoisotopic (exact) mass is 375 g/mol. The van der Waals surface area contributed by atoms with Gasteiger partial charge in [-0.3, -0.25) is 9.78 Å². The molecule has 0 unspecified atom stereocenters. The van der Waals surface area contributed by atoms with Crippen molar-refractivity contribution in [2.75, 3.05) is 26.7 Å². The zero-order chi connectivity index (χ0) is 19.2. The number of amides is 1. The van der Waals surface area contributed by atoms with Gasteiger partial charge < -0.3 is 4.90 Å². The van der Waals surface area contributed by atoms with E-state index in [-0.39, 0.29) is 10.8 Å². The van der Waals surface area contributed by atoms with E-state index in [9.17, 15) is 13.2 Å². The molecule has 0 aliphatic heterocycles. The summed E-state index contributed by atoms with van der Waals surface area (Å²) in [5.41, 5.74) is 1.27. The van der Waals surface area contributed by atoms with E-state index in [1.165, 1.54) is 16.4 Å². The maximum atomic E-state index is 12.7. The first-order valence-corrected chi connectivity index (χ1v) is 10.1. The predicted octanol–water partition coefficient (Wildman–Crippen LogP) is 2.43. The molecule has 1 heterocycles. The van der Waals surface area contributed by atoms with Crippen molar-refractivity contribution in [1.82, 2.24) is 14.2 Å². The van der Waals surface area contributed by atoms with Gasteiger partial charge in [0.15, 0.2) is 0 Å². The lowest BCUT2D eigenvalue weighted by Gasteiger charge is -2.20. The van der Waals surface area contributed by atoms with E-state index in [0.717, 1.165) is 5.69 Å². The van der Waals surface area contributed by atoms with Crippen LogP contribution in [0.3, 0.4) is 0 Å². The molecule has 0 fully saturated rings. The predicted molar refractivity (Wildman–Crippen MR) is 101 cm³/mol. The second-order valence-corrected chi connectivity index (χ2v) is 7.85. The highest BCUT2D eigenvalue weighted by atomic mass is 32.2. The molecule has 1 aromatic carbocycles. The van der Waals surface area contributed by atoms with Gasteiger partial charge in [-0.1, -0.05) is 26.0 Å². The first-order chi connectivity index (χ1) is 12.4. The number of hydrogen-bond donors (Lipinski definition) is 0. The van der Waals surface area contributed by atoms with E-state index in [0.29, 0.717) is 31.6 Å². The second kappa shape index (κ2) is 8.91. The summed E-state index contributed by atoms with van der Waals surface area (Å²) in [5.74, 6) is -0.211. The summed E-state index contributed by atoms with van der Waals surface area (Å²) in [4.78, 5) is 18.6. The first kappa shape index (κ1) is 20.1. The highest BCUT2D eigenvalue weighted by Gasteiger charge is 2.23. The molecule has 0 aliphatic rings. The molecule has 26 heavy (non-hydrogen) atoms. The van der Waals surface area contributed by atoms with Gasteiger partial charge in [0.05, 0.1) is 4.90 Å². The number of hydrogen-bond acceptors (Lipinski definition) is 4. The molecule has 7 heteroatoms. The average molecular weight is 375 g/mol. The Hall–Kier alpha value is -2.25. The molecule has 0 saturated carbocycles. The van der Waals surface area contributed by atoms with Crippen LogP contribution in [-0.4, -0.2) is 55.2 Å². The molecule has 0 saturated heterocycles. The Morgan fingerprint density at radius 3 is 2.42 bits per heavy atom. The number of benzene rings is 1. The summed E-state index contributed by atoms with van der Waals surface area (Å²) >= 11 is 0. The van der Waals surface area contributed by atoms with Crippen molar-refractivity contribution in [1.29, 1.82) is 0 Å². The Balaban J connectivity index is 2.14. The molecular formula is C19H25N3O3S. The zero-order valence-corrected chi connectivity index (χ0v) is 16.2. The summed E-state index contributed by atoms with van der Waals surface area (Å²) < 4.78 is 26.7. The Kier molecular flexibility index (Phi) is 6.88. The fourth-order valence-corrected chi connectivity index (χ4v) is 4.16. The van der Waals surface area contributed by atoms with Crippen molar-refractivity contribution < 1.29 is 13.2 Å². The van der Waals surface area contributed by atoms with Crippen LogP contribution in [0.4, 0.5) is 0 Å². The van der Waals surface area contributed by atoms with Crippen LogP contribution >= 0.6 is 0 Å². The fraction of sp³-hybridized carbons (Fsp3) is 0.368. The van der Waals surface area contributed by atoms with Crippen molar-refractivity contribution >= 4 is 15.9 Å². The van der Waals surface area contributed by atoms with Crippen LogP contribution < -0.4 is 0 Å². The van der Waals surface area contributed by atoms with E-state index < -0.39 is 10.0 Å². The molecule has 2 rings (SSSR count). The number of carbonyl (C=O) groups is 1. The van der Waals surface area contributed by atoms with Crippen molar-refractivity contribution in [2.45, 2.75) is 25.2 Å². The Morgan fingerprint density at radius 2 is 1.81 bits per heavy atom. The lowest BCUT2D eigenvalue weighted by Crippen LogP contribution is -2.31. The van der Waals surface area contributed by atoms with Crippen LogP contribution in [0.1, 0.15) is 29.9 Å². The lowest BCUT2D eigenvalue weighted by atomic mass is 10.2. The SMILES string of the molecule is CCN(CC)S(=O)(=O)c1cccc(C(=O)N(C)CCc2ccccn2)c1. The van der Waals surface area contributed by atoms with E-state index in [4.69, 9.17) is 0 Å². The minimum absolute atomic E-state index is 0.144. The van der Waals surface area contributed by atoms with Gasteiger partial charge in [0.25, 0.3) is 5.91 Å². The molecule has 0 radical (unpaired) electrons. The van der Waals surface area contributed by atoms with Crippen LogP contribution in [0.15, 0.2) is 53.6 Å². The summed E-state index contributed by atoms with van der Waals surface area (Å²) in [6, 6.07) is 11.9. The van der Waals surface area contributed by atoms with Crippen LogP contribution in [0.25, 0.3) is 0 Å². The van der Waals surface area contributed by atoms with Crippen LogP contribution in [0.2, 0.25) is 0 Å². The number of rotatable bonds is 8. The number of aromatic nitrogens is 1. The van der Waals surface area contributed by atoms with Gasteiger partial charge >= 0.3 is 0 Å². The van der Waals surface area contributed by atoms with Gasteiger partial charge in [-0.05, 0) is 30.3 Å². The number of nitrogens with zero attached hydrogens (tertiary/aromatic N) is 3. The molecule has 0 atom stereocenters. The first-order valence-electron chi connectivity index (χ1n) is 8.65. The third kappa shape index (κ3) is 4.68. The van der Waals surface area contributed by atoms with Gasteiger partial charge in [0.1, 0.15) is 0 Å². The lowest BCUT2D eigenvalue weighted by molar-refractivity contribution is 0.0796. The minimum atomic E-state index is -3.59. The summed E-state index contributed by atoms with van der Waals surface area (Å²) in [6.07, 6.45) is 2.36. The molecule has 1 aromatic heterocycles. The number of pyridine rings is 1. The van der Waals surface area contributed by atoms with Crippen molar-refractivity contribution in [3.8, 4) is 0 Å². The normalized spacial score (nSPS) is 11.5. The van der Waals surface area contributed by atoms with Gasteiger partial charge in [0, 0.05) is 50.6 Å².